The quantitative estimate of drug-likeness (QED) is 0.289. The van der Waals surface area contributed by atoms with Gasteiger partial charge in [0.05, 0.1) is 5.71 Å². The Bertz CT molecular complexity index is 1330. The van der Waals surface area contributed by atoms with Gasteiger partial charge in [-0.1, -0.05) is 55.5 Å². The van der Waals surface area contributed by atoms with Crippen molar-refractivity contribution in [1.29, 1.82) is 0 Å². The van der Waals surface area contributed by atoms with E-state index in [4.69, 9.17) is 9.31 Å². The van der Waals surface area contributed by atoms with E-state index in [9.17, 15) is 5.02 Å². The molecule has 148 valence electrons. The van der Waals surface area contributed by atoms with Crippen LogP contribution in [0.5, 0.6) is 5.75 Å². The lowest BCUT2D eigenvalue weighted by Crippen LogP contribution is -2.38. The molecule has 0 spiro atoms. The van der Waals surface area contributed by atoms with Gasteiger partial charge in [-0.25, -0.2) is 9.98 Å². The summed E-state index contributed by atoms with van der Waals surface area (Å²) in [6.07, 6.45) is 2.14. The predicted octanol–water partition coefficient (Wildman–Crippen LogP) is 5.13. The number of nitrogens with zero attached hydrogens (tertiary/aromatic N) is 2. The van der Waals surface area contributed by atoms with Gasteiger partial charge < -0.3 is 14.3 Å². The van der Waals surface area contributed by atoms with Crippen LogP contribution >= 0.6 is 0 Å². The molecule has 0 saturated carbocycles. The van der Waals surface area contributed by atoms with Crippen LogP contribution in [-0.2, 0) is 4.65 Å². The van der Waals surface area contributed by atoms with Crippen LogP contribution in [-0.4, -0.2) is 30.1 Å². The van der Waals surface area contributed by atoms with Crippen LogP contribution in [0, 0.1) is 0 Å². The molecule has 4 aromatic carbocycles. The van der Waals surface area contributed by atoms with E-state index in [0.717, 1.165) is 32.6 Å². The van der Waals surface area contributed by atoms with Crippen LogP contribution in [0.3, 0.4) is 0 Å². The van der Waals surface area contributed by atoms with Gasteiger partial charge in [-0.15, -0.1) is 0 Å². The Morgan fingerprint density at radius 3 is 2.40 bits per heavy atom. The second kappa shape index (κ2) is 7.24. The Labute approximate surface area is 174 Å². The average molecular weight is 396 g/mol. The molecule has 0 amide bonds. The Balaban J connectivity index is 1.58. The Hall–Kier alpha value is -3.22. The highest BCUT2D eigenvalue weighted by Gasteiger charge is 2.37. The Morgan fingerprint density at radius 2 is 1.67 bits per heavy atom. The molecule has 0 aliphatic carbocycles. The number of benzene rings is 4. The summed E-state index contributed by atoms with van der Waals surface area (Å²) in [5, 5.41) is 17.0. The largest absolute Gasteiger partial charge is 0.713 e. The van der Waals surface area contributed by atoms with E-state index in [0.29, 0.717) is 12.2 Å². The summed E-state index contributed by atoms with van der Waals surface area (Å²) in [5.41, 5.74) is 0.757. The molecule has 6 heteroatoms. The van der Waals surface area contributed by atoms with Crippen molar-refractivity contribution in [2.24, 2.45) is 9.98 Å². The van der Waals surface area contributed by atoms with Gasteiger partial charge in [-0.05, 0) is 52.1 Å². The van der Waals surface area contributed by atoms with E-state index in [-0.39, 0.29) is 0 Å². The Kier molecular flexibility index (Phi) is 4.53. The highest BCUT2D eigenvalue weighted by molar-refractivity contribution is 6.37. The molecule has 1 aliphatic rings. The lowest BCUT2D eigenvalue weighted by Gasteiger charge is -2.23. The minimum absolute atomic E-state index is 0.492. The van der Waals surface area contributed by atoms with Gasteiger partial charge in [0.25, 0.3) is 0 Å². The highest BCUT2D eigenvalue weighted by atomic mass is 16.7. The molecule has 0 radical (unpaired) electrons. The first kappa shape index (κ1) is 18.8. The minimum Gasteiger partial charge on any atom is -0.511 e. The Morgan fingerprint density at radius 1 is 0.933 bits per heavy atom. The first-order valence-corrected chi connectivity index (χ1v) is 10.1. The zero-order chi connectivity index (χ0) is 20.7. The number of hydrogen-bond donors (Lipinski definition) is 1. The van der Waals surface area contributed by atoms with Gasteiger partial charge in [0.2, 0.25) is 5.85 Å². The smallest absolute Gasteiger partial charge is 0.511 e. The summed E-state index contributed by atoms with van der Waals surface area (Å²) < 4.78 is 11.6. The van der Waals surface area contributed by atoms with Gasteiger partial charge in [-0.3, -0.25) is 0 Å². The number of rotatable bonds is 5. The van der Waals surface area contributed by atoms with Gasteiger partial charge in [-0.2, -0.15) is 0 Å². The molecule has 1 aliphatic heterocycles. The summed E-state index contributed by atoms with van der Waals surface area (Å²) in [6, 6.07) is 22.6. The second-order valence-electron chi connectivity index (χ2n) is 7.49. The molecule has 0 bridgehead atoms. The fourth-order valence-electron chi connectivity index (χ4n) is 4.00. The molecular weight excluding hydrogens is 375 g/mol. The molecule has 1 atom stereocenters. The lowest BCUT2D eigenvalue weighted by molar-refractivity contribution is 0.0373. The van der Waals surface area contributed by atoms with E-state index < -0.39 is 13.2 Å². The van der Waals surface area contributed by atoms with Crippen LogP contribution in [0.1, 0.15) is 20.3 Å². The molecule has 0 fully saturated rings. The average Bonchev–Trinajstić information content (AvgIpc) is 3.12. The highest BCUT2D eigenvalue weighted by Crippen LogP contribution is 2.36. The molecule has 1 unspecified atom stereocenters. The maximum atomic E-state index is 10.6. The fraction of sp³-hybridized carbons (Fsp3) is 0.167. The first-order valence-electron chi connectivity index (χ1n) is 10.1. The first-order chi connectivity index (χ1) is 14.6. The third-order valence-corrected chi connectivity index (χ3v) is 5.47. The number of hydrogen-bond acceptors (Lipinski definition) is 5. The predicted molar refractivity (Wildman–Crippen MR) is 123 cm³/mol. The molecule has 1 N–H and O–H groups in total. The van der Waals surface area contributed by atoms with Crippen molar-refractivity contribution in [2.45, 2.75) is 26.1 Å². The summed E-state index contributed by atoms with van der Waals surface area (Å²) in [4.78, 5) is 8.70. The van der Waals surface area contributed by atoms with Gasteiger partial charge in [0.15, 0.2) is 0 Å². The molecule has 0 saturated heterocycles. The maximum Gasteiger partial charge on any atom is 0.713 e. The summed E-state index contributed by atoms with van der Waals surface area (Å²) >= 11 is 0. The molecular formula is C24H21BN2O3. The fourth-order valence-corrected chi connectivity index (χ4v) is 4.00. The van der Waals surface area contributed by atoms with Crippen molar-refractivity contribution in [3.05, 3.63) is 66.7 Å². The third kappa shape index (κ3) is 3.24. The van der Waals surface area contributed by atoms with Gasteiger partial charge in [0.1, 0.15) is 5.75 Å². The van der Waals surface area contributed by atoms with Crippen LogP contribution in [0.15, 0.2) is 76.7 Å². The van der Waals surface area contributed by atoms with Crippen LogP contribution in [0.2, 0.25) is 0 Å². The van der Waals surface area contributed by atoms with Crippen molar-refractivity contribution in [3.8, 4) is 5.75 Å². The van der Waals surface area contributed by atoms with Crippen LogP contribution in [0.4, 0.5) is 0 Å². The number of fused-ring (bicyclic) bond motifs is 4. The van der Waals surface area contributed by atoms with E-state index in [1.807, 2.05) is 44.2 Å². The summed E-state index contributed by atoms with van der Waals surface area (Å²) in [5.74, 6) is -0.582. The van der Waals surface area contributed by atoms with Gasteiger partial charge >= 0.3 is 7.32 Å². The van der Waals surface area contributed by atoms with Crippen molar-refractivity contribution < 1.29 is 14.3 Å². The van der Waals surface area contributed by atoms with Crippen molar-refractivity contribution in [2.75, 3.05) is 0 Å². The monoisotopic (exact) mass is 396 g/mol. The molecule has 1 heterocycles. The van der Waals surface area contributed by atoms with Crippen molar-refractivity contribution in [1.82, 2.24) is 0 Å². The second-order valence-corrected chi connectivity index (χ2v) is 7.49. The van der Waals surface area contributed by atoms with Crippen molar-refractivity contribution >= 4 is 51.6 Å². The topological polar surface area (TPSA) is 63.4 Å². The zero-order valence-corrected chi connectivity index (χ0v) is 16.9. The molecule has 5 nitrogen and oxygen atoms in total. The minimum atomic E-state index is -1.50. The summed E-state index contributed by atoms with van der Waals surface area (Å²) in [7, 11) is -1.50. The van der Waals surface area contributed by atoms with E-state index in [1.54, 1.807) is 6.21 Å². The molecule has 4 aromatic rings. The SMILES string of the molecule is CCC1(OB(O)Oc2cccc3ccc4cc5ccccc5cc4c23)N=CC(C)=N1. The van der Waals surface area contributed by atoms with Crippen LogP contribution < -0.4 is 4.65 Å². The van der Waals surface area contributed by atoms with E-state index >= 15 is 0 Å². The molecule has 5 rings (SSSR count). The van der Waals surface area contributed by atoms with Crippen LogP contribution in [0.25, 0.3) is 32.3 Å². The normalized spacial score (nSPS) is 18.3. The summed E-state index contributed by atoms with van der Waals surface area (Å²) in [6.45, 7) is 3.75. The lowest BCUT2D eigenvalue weighted by atomic mass is 9.97. The van der Waals surface area contributed by atoms with E-state index in [2.05, 4.69) is 46.4 Å². The number of aliphatic imine (C=N–C) groups is 2. The van der Waals surface area contributed by atoms with Gasteiger partial charge in [0, 0.05) is 18.0 Å². The molecule has 0 aromatic heterocycles. The zero-order valence-electron chi connectivity index (χ0n) is 16.9. The van der Waals surface area contributed by atoms with E-state index in [1.165, 1.54) is 5.39 Å². The molecule has 30 heavy (non-hydrogen) atoms. The maximum absolute atomic E-state index is 10.6. The third-order valence-electron chi connectivity index (χ3n) is 5.47. The van der Waals surface area contributed by atoms with Crippen molar-refractivity contribution in [3.63, 3.8) is 0 Å². The standard InChI is InChI=1S/C24H21BN2O3/c1-3-24(26-15-16(2)27-24)30-25(28)29-22-10-6-9-17-11-12-20-13-18-7-4-5-8-19(18)14-21(20)23(17)22/h4-15,28H,3H2,1-2H3.